The average Bonchev–Trinajstić information content (AvgIpc) is 3.18. The minimum Gasteiger partial charge on any atom is -0.371 e. The van der Waals surface area contributed by atoms with E-state index in [1.54, 1.807) is 11.3 Å². The van der Waals surface area contributed by atoms with Crippen LogP contribution in [-0.4, -0.2) is 43.7 Å². The average molecular weight is 400 g/mol. The Bertz CT molecular complexity index is 755. The monoisotopic (exact) mass is 399 g/mol. The molecule has 2 heterocycles. The third kappa shape index (κ3) is 5.71. The summed E-state index contributed by atoms with van der Waals surface area (Å²) in [6.45, 7) is 9.62. The normalized spacial score (nSPS) is 16.3. The van der Waals surface area contributed by atoms with E-state index in [1.165, 1.54) is 16.4 Å². The molecule has 1 aliphatic rings. The molecule has 0 radical (unpaired) electrons. The Balaban J connectivity index is 1.41. The van der Waals surface area contributed by atoms with Crippen molar-refractivity contribution in [1.82, 2.24) is 15.6 Å². The van der Waals surface area contributed by atoms with Gasteiger partial charge in [-0.2, -0.15) is 0 Å². The Morgan fingerprint density at radius 3 is 2.54 bits per heavy atom. The highest BCUT2D eigenvalue weighted by Crippen LogP contribution is 2.24. The molecule has 1 aromatic carbocycles. The van der Waals surface area contributed by atoms with Crippen molar-refractivity contribution >= 4 is 23.0 Å². The van der Waals surface area contributed by atoms with E-state index >= 15 is 0 Å². The van der Waals surface area contributed by atoms with Gasteiger partial charge >= 0.3 is 0 Å². The number of piperidine rings is 1. The Morgan fingerprint density at radius 1 is 1.21 bits per heavy atom. The second kappa shape index (κ2) is 9.41. The number of benzene rings is 1. The number of guanidine groups is 1. The van der Waals surface area contributed by atoms with Crippen LogP contribution in [0.5, 0.6) is 0 Å². The summed E-state index contributed by atoms with van der Waals surface area (Å²) < 4.78 is 0. The van der Waals surface area contributed by atoms with Gasteiger partial charge in [0.05, 0.1) is 10.7 Å². The van der Waals surface area contributed by atoms with Crippen LogP contribution in [0.1, 0.15) is 44.3 Å². The van der Waals surface area contributed by atoms with Gasteiger partial charge < -0.3 is 15.5 Å². The van der Waals surface area contributed by atoms with Gasteiger partial charge in [0.15, 0.2) is 5.96 Å². The van der Waals surface area contributed by atoms with E-state index in [4.69, 9.17) is 4.98 Å². The van der Waals surface area contributed by atoms with Gasteiger partial charge in [-0.3, -0.25) is 4.99 Å². The van der Waals surface area contributed by atoms with E-state index in [0.717, 1.165) is 44.9 Å². The maximum atomic E-state index is 4.77. The van der Waals surface area contributed by atoms with Crippen LogP contribution in [0.3, 0.4) is 0 Å². The van der Waals surface area contributed by atoms with Crippen LogP contribution in [0, 0.1) is 0 Å². The standard InChI is InChI=1S/C22H33N5S/c1-22(2,3)19-16-28-20(26-19)10-13-24-21(23-4)25-17-11-14-27(15-12-17)18-8-6-5-7-9-18/h5-9,16-17H,10-15H2,1-4H3,(H2,23,24,25). The molecule has 0 aliphatic carbocycles. The van der Waals surface area contributed by atoms with E-state index < -0.39 is 0 Å². The van der Waals surface area contributed by atoms with Crippen molar-refractivity contribution in [3.05, 3.63) is 46.4 Å². The fraction of sp³-hybridized carbons (Fsp3) is 0.545. The van der Waals surface area contributed by atoms with Gasteiger partial charge in [-0.05, 0) is 25.0 Å². The van der Waals surface area contributed by atoms with Gasteiger partial charge in [0.1, 0.15) is 0 Å². The maximum Gasteiger partial charge on any atom is 0.191 e. The van der Waals surface area contributed by atoms with Gasteiger partial charge in [-0.1, -0.05) is 39.0 Å². The molecular formula is C22H33N5S. The van der Waals surface area contributed by atoms with Crippen LogP contribution < -0.4 is 15.5 Å². The Labute approximate surface area is 173 Å². The second-order valence-corrected chi connectivity index (χ2v) is 9.31. The predicted molar refractivity (Wildman–Crippen MR) is 121 cm³/mol. The molecule has 0 bridgehead atoms. The number of aromatic nitrogens is 1. The molecule has 0 amide bonds. The number of aliphatic imine (C=N–C) groups is 1. The quantitative estimate of drug-likeness (QED) is 0.593. The van der Waals surface area contributed by atoms with Crippen molar-refractivity contribution in [2.45, 2.75) is 51.5 Å². The van der Waals surface area contributed by atoms with E-state index in [9.17, 15) is 0 Å². The first-order valence-corrected chi connectivity index (χ1v) is 11.1. The van der Waals surface area contributed by atoms with Crippen molar-refractivity contribution in [3.63, 3.8) is 0 Å². The summed E-state index contributed by atoms with van der Waals surface area (Å²) in [7, 11) is 1.84. The summed E-state index contributed by atoms with van der Waals surface area (Å²) in [4.78, 5) is 11.6. The number of hydrogen-bond donors (Lipinski definition) is 2. The lowest BCUT2D eigenvalue weighted by Gasteiger charge is -2.34. The van der Waals surface area contributed by atoms with Crippen molar-refractivity contribution in [1.29, 1.82) is 0 Å². The third-order valence-electron chi connectivity index (χ3n) is 5.13. The van der Waals surface area contributed by atoms with Crippen LogP contribution in [0.4, 0.5) is 5.69 Å². The number of nitrogens with one attached hydrogen (secondary N) is 2. The van der Waals surface area contributed by atoms with Crippen molar-refractivity contribution in [2.75, 3.05) is 31.6 Å². The SMILES string of the molecule is CN=C(NCCc1nc(C(C)(C)C)cs1)NC1CCN(c2ccccc2)CC1. The van der Waals surface area contributed by atoms with Crippen LogP contribution in [0.15, 0.2) is 40.7 Å². The predicted octanol–water partition coefficient (Wildman–Crippen LogP) is 3.82. The van der Waals surface area contributed by atoms with E-state index in [2.05, 4.69) is 77.0 Å². The molecule has 1 saturated heterocycles. The summed E-state index contributed by atoms with van der Waals surface area (Å²) in [5.74, 6) is 0.894. The number of hydrogen-bond acceptors (Lipinski definition) is 4. The van der Waals surface area contributed by atoms with Crippen LogP contribution in [-0.2, 0) is 11.8 Å². The zero-order valence-electron chi connectivity index (χ0n) is 17.5. The summed E-state index contributed by atoms with van der Waals surface area (Å²) in [6.07, 6.45) is 3.17. The highest BCUT2D eigenvalue weighted by Gasteiger charge is 2.20. The molecule has 2 aromatic rings. The van der Waals surface area contributed by atoms with Gasteiger partial charge in [-0.15, -0.1) is 11.3 Å². The Kier molecular flexibility index (Phi) is 6.94. The molecule has 0 saturated carbocycles. The molecule has 6 heteroatoms. The fourth-order valence-corrected chi connectivity index (χ4v) is 4.39. The molecule has 0 spiro atoms. The van der Waals surface area contributed by atoms with Crippen LogP contribution in [0.2, 0.25) is 0 Å². The fourth-order valence-electron chi connectivity index (χ4n) is 3.37. The highest BCUT2D eigenvalue weighted by molar-refractivity contribution is 7.09. The first-order chi connectivity index (χ1) is 13.5. The van der Waals surface area contributed by atoms with E-state index in [0.29, 0.717) is 6.04 Å². The summed E-state index contributed by atoms with van der Waals surface area (Å²) in [5.41, 5.74) is 2.62. The van der Waals surface area contributed by atoms with E-state index in [-0.39, 0.29) is 5.41 Å². The topological polar surface area (TPSA) is 52.6 Å². The molecular weight excluding hydrogens is 366 g/mol. The van der Waals surface area contributed by atoms with Crippen LogP contribution in [0.25, 0.3) is 0 Å². The lowest BCUT2D eigenvalue weighted by atomic mass is 9.93. The van der Waals surface area contributed by atoms with E-state index in [1.807, 2.05) is 7.05 Å². The largest absolute Gasteiger partial charge is 0.371 e. The summed E-state index contributed by atoms with van der Waals surface area (Å²) in [5, 5.41) is 10.4. The van der Waals surface area contributed by atoms with Crippen LogP contribution >= 0.6 is 11.3 Å². The number of para-hydroxylation sites is 1. The molecule has 1 aliphatic heterocycles. The second-order valence-electron chi connectivity index (χ2n) is 8.37. The first-order valence-electron chi connectivity index (χ1n) is 10.2. The molecule has 1 aromatic heterocycles. The van der Waals surface area contributed by atoms with Gasteiger partial charge in [0.2, 0.25) is 0 Å². The van der Waals surface area contributed by atoms with Crippen molar-refractivity contribution in [3.8, 4) is 0 Å². The third-order valence-corrected chi connectivity index (χ3v) is 6.04. The lowest BCUT2D eigenvalue weighted by molar-refractivity contribution is 0.461. The molecule has 2 N–H and O–H groups in total. The minimum atomic E-state index is 0.119. The minimum absolute atomic E-state index is 0.119. The molecule has 0 atom stereocenters. The smallest absolute Gasteiger partial charge is 0.191 e. The number of anilines is 1. The molecule has 152 valence electrons. The number of thiazole rings is 1. The molecule has 28 heavy (non-hydrogen) atoms. The van der Waals surface area contributed by atoms with Crippen molar-refractivity contribution in [2.24, 2.45) is 4.99 Å². The van der Waals surface area contributed by atoms with Crippen molar-refractivity contribution < 1.29 is 0 Å². The molecule has 1 fully saturated rings. The zero-order chi connectivity index (χ0) is 20.0. The first kappa shape index (κ1) is 20.6. The summed E-state index contributed by atoms with van der Waals surface area (Å²) in [6, 6.07) is 11.1. The molecule has 5 nitrogen and oxygen atoms in total. The highest BCUT2D eigenvalue weighted by atomic mass is 32.1. The number of rotatable bonds is 5. The molecule has 3 rings (SSSR count). The van der Waals surface area contributed by atoms with Gasteiger partial charge in [0.25, 0.3) is 0 Å². The lowest BCUT2D eigenvalue weighted by Crippen LogP contribution is -2.49. The summed E-state index contributed by atoms with van der Waals surface area (Å²) >= 11 is 1.75. The zero-order valence-corrected chi connectivity index (χ0v) is 18.4. The van der Waals surface area contributed by atoms with Gasteiger partial charge in [-0.25, -0.2) is 4.98 Å². The Morgan fingerprint density at radius 2 is 1.93 bits per heavy atom. The molecule has 0 unspecified atom stereocenters. The number of nitrogens with zero attached hydrogens (tertiary/aromatic N) is 3. The van der Waals surface area contributed by atoms with Gasteiger partial charge in [0, 0.05) is 55.6 Å². The maximum absolute atomic E-state index is 4.77. The Hall–Kier alpha value is -2.08.